The molecule has 0 spiro atoms. The number of nitrogens with one attached hydrogen (secondary N) is 1. The van der Waals surface area contributed by atoms with Gasteiger partial charge < -0.3 is 15.2 Å². The number of carboxylic acid groups (broad SMARTS) is 1. The maximum atomic E-state index is 10.9. The molecule has 0 bridgehead atoms. The van der Waals surface area contributed by atoms with Gasteiger partial charge in [-0.05, 0) is 32.0 Å². The molecule has 5 nitrogen and oxygen atoms in total. The fourth-order valence-corrected chi connectivity index (χ4v) is 2.60. The minimum absolute atomic E-state index is 0.208. The van der Waals surface area contributed by atoms with Gasteiger partial charge in [-0.1, -0.05) is 6.07 Å². The van der Waals surface area contributed by atoms with Gasteiger partial charge in [0.2, 0.25) is 0 Å². The Kier molecular flexibility index (Phi) is 4.93. The Morgan fingerprint density at radius 3 is 2.95 bits per heavy atom. The van der Waals surface area contributed by atoms with Crippen LogP contribution in [0.1, 0.15) is 29.2 Å². The number of thiazole rings is 1. The van der Waals surface area contributed by atoms with Crippen molar-refractivity contribution < 1.29 is 14.6 Å². The lowest BCUT2D eigenvalue weighted by Gasteiger charge is -2.23. The van der Waals surface area contributed by atoms with Gasteiger partial charge in [0.15, 0.2) is 0 Å². The first-order chi connectivity index (χ1) is 9.99. The first-order valence-corrected chi connectivity index (χ1v) is 7.48. The summed E-state index contributed by atoms with van der Waals surface area (Å²) in [6, 6.07) is 6.48. The van der Waals surface area contributed by atoms with E-state index in [4.69, 9.17) is 9.84 Å². The number of rotatable bonds is 7. The number of aromatic carboxylic acids is 1. The molecule has 6 heteroatoms. The summed E-state index contributed by atoms with van der Waals surface area (Å²) in [4.78, 5) is 15.2. The van der Waals surface area contributed by atoms with Crippen LogP contribution in [0.4, 0.5) is 0 Å². The Labute approximate surface area is 127 Å². The molecule has 0 atom stereocenters. The van der Waals surface area contributed by atoms with Gasteiger partial charge in [0.1, 0.15) is 17.4 Å². The Hall–Kier alpha value is -1.92. The van der Waals surface area contributed by atoms with Gasteiger partial charge in [-0.25, -0.2) is 9.78 Å². The van der Waals surface area contributed by atoms with E-state index in [-0.39, 0.29) is 11.1 Å². The molecule has 0 aliphatic carbocycles. The Morgan fingerprint density at radius 1 is 1.48 bits per heavy atom. The van der Waals surface area contributed by atoms with Gasteiger partial charge in [0, 0.05) is 18.1 Å². The number of hydrogen-bond acceptors (Lipinski definition) is 5. The van der Waals surface area contributed by atoms with E-state index in [2.05, 4.69) is 24.1 Å². The van der Waals surface area contributed by atoms with Gasteiger partial charge >= 0.3 is 5.97 Å². The molecular weight excluding hydrogens is 288 g/mol. The van der Waals surface area contributed by atoms with Crippen LogP contribution in [0.2, 0.25) is 0 Å². The molecule has 112 valence electrons. The van der Waals surface area contributed by atoms with Crippen molar-refractivity contribution in [1.82, 2.24) is 10.3 Å². The summed E-state index contributed by atoms with van der Waals surface area (Å²) in [7, 11) is 0. The van der Waals surface area contributed by atoms with Gasteiger partial charge in [0.05, 0.1) is 11.1 Å². The summed E-state index contributed by atoms with van der Waals surface area (Å²) in [5, 5.41) is 15.3. The van der Waals surface area contributed by atoms with E-state index in [1.54, 1.807) is 35.7 Å². The average molecular weight is 306 g/mol. The molecule has 0 unspecified atom stereocenters. The molecule has 2 rings (SSSR count). The minimum atomic E-state index is -0.955. The van der Waals surface area contributed by atoms with Crippen molar-refractivity contribution in [2.45, 2.75) is 19.4 Å². The molecule has 0 aliphatic heterocycles. The van der Waals surface area contributed by atoms with Gasteiger partial charge in [-0.2, -0.15) is 0 Å². The van der Waals surface area contributed by atoms with Crippen LogP contribution in [0, 0.1) is 0 Å². The van der Waals surface area contributed by atoms with Crippen molar-refractivity contribution in [3.8, 4) is 5.75 Å². The zero-order valence-electron chi connectivity index (χ0n) is 12.0. The van der Waals surface area contributed by atoms with Crippen LogP contribution in [-0.4, -0.2) is 29.2 Å². The van der Waals surface area contributed by atoms with E-state index in [1.165, 1.54) is 6.07 Å². The third-order valence-electron chi connectivity index (χ3n) is 2.99. The number of ether oxygens (including phenoxy) is 1. The largest absolute Gasteiger partial charge is 0.492 e. The summed E-state index contributed by atoms with van der Waals surface area (Å²) < 4.78 is 5.57. The summed E-state index contributed by atoms with van der Waals surface area (Å²) in [6.45, 7) is 5.23. The standard InChI is InChI=1S/C15H18N2O3S/c1-15(2,14-16-7-9-21-14)17-6-8-20-12-5-3-4-11(10-12)13(18)19/h3-5,7,9-10,17H,6,8H2,1-2H3,(H,18,19). The number of carboxylic acids is 1. The molecule has 0 amide bonds. The number of hydrogen-bond donors (Lipinski definition) is 2. The molecule has 0 radical (unpaired) electrons. The predicted molar refractivity (Wildman–Crippen MR) is 82.0 cm³/mol. The molecular formula is C15H18N2O3S. The van der Waals surface area contributed by atoms with Crippen LogP contribution in [0.3, 0.4) is 0 Å². The fraction of sp³-hybridized carbons (Fsp3) is 0.333. The topological polar surface area (TPSA) is 71.5 Å². The van der Waals surface area contributed by atoms with Crippen molar-refractivity contribution in [1.29, 1.82) is 0 Å². The quantitative estimate of drug-likeness (QED) is 0.770. The Morgan fingerprint density at radius 2 is 2.29 bits per heavy atom. The van der Waals surface area contributed by atoms with Crippen LogP contribution in [0.5, 0.6) is 5.75 Å². The monoisotopic (exact) mass is 306 g/mol. The number of aromatic nitrogens is 1. The minimum Gasteiger partial charge on any atom is -0.492 e. The third-order valence-corrected chi connectivity index (χ3v) is 4.08. The molecule has 21 heavy (non-hydrogen) atoms. The second kappa shape index (κ2) is 6.69. The van der Waals surface area contributed by atoms with Crippen LogP contribution in [-0.2, 0) is 5.54 Å². The van der Waals surface area contributed by atoms with Crippen molar-refractivity contribution in [3.05, 3.63) is 46.4 Å². The lowest BCUT2D eigenvalue weighted by molar-refractivity contribution is 0.0696. The van der Waals surface area contributed by atoms with E-state index < -0.39 is 5.97 Å². The maximum absolute atomic E-state index is 10.9. The van der Waals surface area contributed by atoms with Crippen molar-refractivity contribution in [3.63, 3.8) is 0 Å². The predicted octanol–water partition coefficient (Wildman–Crippen LogP) is 2.75. The third kappa shape index (κ3) is 4.27. The van der Waals surface area contributed by atoms with E-state index in [0.717, 1.165) is 5.01 Å². The van der Waals surface area contributed by atoms with E-state index in [1.807, 2.05) is 5.38 Å². The van der Waals surface area contributed by atoms with Crippen LogP contribution in [0.15, 0.2) is 35.8 Å². The van der Waals surface area contributed by atoms with Crippen LogP contribution >= 0.6 is 11.3 Å². The van der Waals surface area contributed by atoms with Crippen molar-refractivity contribution >= 4 is 17.3 Å². The fourth-order valence-electron chi connectivity index (χ4n) is 1.86. The number of benzene rings is 1. The summed E-state index contributed by atoms with van der Waals surface area (Å²) in [5.74, 6) is -0.396. The molecule has 0 aliphatic rings. The lowest BCUT2D eigenvalue weighted by atomic mass is 10.1. The second-order valence-electron chi connectivity index (χ2n) is 5.07. The highest BCUT2D eigenvalue weighted by atomic mass is 32.1. The van der Waals surface area contributed by atoms with Crippen molar-refractivity contribution in [2.24, 2.45) is 0 Å². The normalized spacial score (nSPS) is 11.3. The van der Waals surface area contributed by atoms with E-state index in [0.29, 0.717) is 18.9 Å². The SMILES string of the molecule is CC(C)(NCCOc1cccc(C(=O)O)c1)c1nccs1. The van der Waals surface area contributed by atoms with Crippen molar-refractivity contribution in [2.75, 3.05) is 13.2 Å². The average Bonchev–Trinajstić information content (AvgIpc) is 2.99. The van der Waals surface area contributed by atoms with E-state index >= 15 is 0 Å². The maximum Gasteiger partial charge on any atom is 0.335 e. The summed E-state index contributed by atoms with van der Waals surface area (Å²) >= 11 is 1.61. The first-order valence-electron chi connectivity index (χ1n) is 6.60. The number of nitrogens with zero attached hydrogens (tertiary/aromatic N) is 1. The van der Waals surface area contributed by atoms with E-state index in [9.17, 15) is 4.79 Å². The molecule has 1 aromatic carbocycles. The highest BCUT2D eigenvalue weighted by molar-refractivity contribution is 7.09. The first kappa shape index (κ1) is 15.5. The highest BCUT2D eigenvalue weighted by Crippen LogP contribution is 2.21. The Balaban J connectivity index is 1.82. The van der Waals surface area contributed by atoms with Gasteiger partial charge in [-0.15, -0.1) is 11.3 Å². The number of carbonyl (C=O) groups is 1. The lowest BCUT2D eigenvalue weighted by Crippen LogP contribution is -2.38. The zero-order chi connectivity index (χ0) is 15.3. The molecule has 2 N–H and O–H groups in total. The van der Waals surface area contributed by atoms with Gasteiger partial charge in [0.25, 0.3) is 0 Å². The molecule has 0 saturated heterocycles. The molecule has 0 fully saturated rings. The molecule has 1 heterocycles. The van der Waals surface area contributed by atoms with Crippen LogP contribution < -0.4 is 10.1 Å². The smallest absolute Gasteiger partial charge is 0.335 e. The molecule has 2 aromatic rings. The molecule has 0 saturated carbocycles. The van der Waals surface area contributed by atoms with Crippen LogP contribution in [0.25, 0.3) is 0 Å². The highest BCUT2D eigenvalue weighted by Gasteiger charge is 2.21. The summed E-state index contributed by atoms with van der Waals surface area (Å²) in [6.07, 6.45) is 1.79. The Bertz CT molecular complexity index is 597. The second-order valence-corrected chi connectivity index (χ2v) is 5.97. The molecule has 1 aromatic heterocycles. The van der Waals surface area contributed by atoms with Gasteiger partial charge in [-0.3, -0.25) is 0 Å². The zero-order valence-corrected chi connectivity index (χ0v) is 12.8. The summed E-state index contributed by atoms with van der Waals surface area (Å²) in [5.41, 5.74) is 0.0176.